The SMILES string of the molecule is CC(CN)NCC(N)=O. The summed E-state index contributed by atoms with van der Waals surface area (Å²) in [5.74, 6) is -0.352. The Labute approximate surface area is 54.6 Å². The predicted molar refractivity (Wildman–Crippen MR) is 35.7 cm³/mol. The highest BCUT2D eigenvalue weighted by molar-refractivity contribution is 5.75. The zero-order valence-corrected chi connectivity index (χ0v) is 5.55. The Balaban J connectivity index is 3.16. The van der Waals surface area contributed by atoms with E-state index in [1.54, 1.807) is 0 Å². The average Bonchev–Trinajstić information content (AvgIpc) is 1.83. The number of carbonyl (C=O) groups excluding carboxylic acids is 1. The summed E-state index contributed by atoms with van der Waals surface area (Å²) in [7, 11) is 0. The normalized spacial score (nSPS) is 13.1. The summed E-state index contributed by atoms with van der Waals surface area (Å²) in [6.07, 6.45) is 0. The molecule has 0 fully saturated rings. The summed E-state index contributed by atoms with van der Waals surface area (Å²) in [5.41, 5.74) is 10.1. The van der Waals surface area contributed by atoms with E-state index in [1.165, 1.54) is 0 Å². The van der Waals surface area contributed by atoms with Crippen LogP contribution >= 0.6 is 0 Å². The second-order valence-corrected chi connectivity index (χ2v) is 1.98. The van der Waals surface area contributed by atoms with Gasteiger partial charge in [0.2, 0.25) is 5.91 Å². The molecule has 0 bridgehead atoms. The van der Waals surface area contributed by atoms with Crippen LogP contribution in [0.2, 0.25) is 0 Å². The zero-order valence-electron chi connectivity index (χ0n) is 5.55. The molecule has 4 nitrogen and oxygen atoms in total. The van der Waals surface area contributed by atoms with Crippen LogP contribution < -0.4 is 16.8 Å². The first-order valence-electron chi connectivity index (χ1n) is 2.88. The molecule has 0 aliphatic carbocycles. The van der Waals surface area contributed by atoms with Gasteiger partial charge in [-0.2, -0.15) is 0 Å². The maximum absolute atomic E-state index is 10.1. The Kier molecular flexibility index (Phi) is 4.00. The minimum atomic E-state index is -0.352. The van der Waals surface area contributed by atoms with Crippen molar-refractivity contribution >= 4 is 5.91 Å². The van der Waals surface area contributed by atoms with Gasteiger partial charge in [-0.05, 0) is 6.92 Å². The number of primary amides is 1. The fourth-order valence-electron chi connectivity index (χ4n) is 0.358. The second kappa shape index (κ2) is 4.29. The molecule has 0 radical (unpaired) electrons. The van der Waals surface area contributed by atoms with E-state index < -0.39 is 0 Å². The molecule has 9 heavy (non-hydrogen) atoms. The third-order valence-corrected chi connectivity index (χ3v) is 0.978. The topological polar surface area (TPSA) is 81.1 Å². The van der Waals surface area contributed by atoms with Crippen LogP contribution in [0.4, 0.5) is 0 Å². The molecule has 1 amide bonds. The fourth-order valence-corrected chi connectivity index (χ4v) is 0.358. The highest BCUT2D eigenvalue weighted by Crippen LogP contribution is 1.72. The van der Waals surface area contributed by atoms with Crippen LogP contribution in [-0.2, 0) is 4.79 Å². The van der Waals surface area contributed by atoms with Crippen LogP contribution in [0.1, 0.15) is 6.92 Å². The number of hydrogen-bond acceptors (Lipinski definition) is 3. The standard InChI is InChI=1S/C5H13N3O/c1-4(2-6)8-3-5(7)9/h4,8H,2-3,6H2,1H3,(H2,7,9). The zero-order chi connectivity index (χ0) is 7.28. The molecule has 0 aromatic heterocycles. The second-order valence-electron chi connectivity index (χ2n) is 1.98. The summed E-state index contributed by atoms with van der Waals surface area (Å²) in [4.78, 5) is 10.1. The highest BCUT2D eigenvalue weighted by atomic mass is 16.1. The van der Waals surface area contributed by atoms with Gasteiger partial charge in [0, 0.05) is 12.6 Å². The molecule has 4 heteroatoms. The Morgan fingerprint density at radius 1 is 1.78 bits per heavy atom. The summed E-state index contributed by atoms with van der Waals surface area (Å²) >= 11 is 0. The molecular weight excluding hydrogens is 118 g/mol. The molecule has 1 atom stereocenters. The van der Waals surface area contributed by atoms with Crippen LogP contribution in [0, 0.1) is 0 Å². The Bertz CT molecular complexity index is 94.2. The van der Waals surface area contributed by atoms with Crippen molar-refractivity contribution in [3.8, 4) is 0 Å². The number of rotatable bonds is 4. The van der Waals surface area contributed by atoms with Crippen LogP contribution in [0.15, 0.2) is 0 Å². The molecule has 0 spiro atoms. The first kappa shape index (κ1) is 8.39. The van der Waals surface area contributed by atoms with Crippen LogP contribution in [0.3, 0.4) is 0 Å². The summed E-state index contributed by atoms with van der Waals surface area (Å²) in [6.45, 7) is 2.62. The number of nitrogens with one attached hydrogen (secondary N) is 1. The van der Waals surface area contributed by atoms with E-state index in [4.69, 9.17) is 11.5 Å². The summed E-state index contributed by atoms with van der Waals surface area (Å²) < 4.78 is 0. The number of hydrogen-bond donors (Lipinski definition) is 3. The summed E-state index contributed by atoms with van der Waals surface area (Å²) in [5, 5.41) is 2.83. The van der Waals surface area contributed by atoms with Gasteiger partial charge in [0.05, 0.1) is 6.54 Å². The van der Waals surface area contributed by atoms with Crippen molar-refractivity contribution in [3.05, 3.63) is 0 Å². The van der Waals surface area contributed by atoms with Crippen molar-refractivity contribution in [2.45, 2.75) is 13.0 Å². The Morgan fingerprint density at radius 3 is 2.67 bits per heavy atom. The highest BCUT2D eigenvalue weighted by Gasteiger charge is 1.97. The molecule has 0 aromatic carbocycles. The lowest BCUT2D eigenvalue weighted by atomic mass is 10.3. The van der Waals surface area contributed by atoms with E-state index in [9.17, 15) is 4.79 Å². The number of amides is 1. The maximum atomic E-state index is 10.1. The van der Waals surface area contributed by atoms with E-state index in [0.29, 0.717) is 6.54 Å². The van der Waals surface area contributed by atoms with E-state index in [0.717, 1.165) is 0 Å². The minimum Gasteiger partial charge on any atom is -0.369 e. The van der Waals surface area contributed by atoms with Gasteiger partial charge in [-0.1, -0.05) is 0 Å². The Morgan fingerprint density at radius 2 is 2.33 bits per heavy atom. The van der Waals surface area contributed by atoms with Crippen LogP contribution in [-0.4, -0.2) is 25.0 Å². The molecule has 1 unspecified atom stereocenters. The molecule has 0 heterocycles. The minimum absolute atomic E-state index is 0.164. The largest absolute Gasteiger partial charge is 0.369 e. The molecular formula is C5H13N3O. The van der Waals surface area contributed by atoms with Gasteiger partial charge in [0.1, 0.15) is 0 Å². The third-order valence-electron chi connectivity index (χ3n) is 0.978. The molecule has 0 saturated carbocycles. The van der Waals surface area contributed by atoms with Crippen molar-refractivity contribution in [3.63, 3.8) is 0 Å². The van der Waals surface area contributed by atoms with Crippen molar-refractivity contribution in [2.75, 3.05) is 13.1 Å². The number of nitrogens with two attached hydrogens (primary N) is 2. The first-order valence-corrected chi connectivity index (χ1v) is 2.88. The molecule has 0 aliphatic rings. The average molecular weight is 131 g/mol. The third kappa shape index (κ3) is 5.26. The van der Waals surface area contributed by atoms with Crippen molar-refractivity contribution < 1.29 is 4.79 Å². The van der Waals surface area contributed by atoms with Gasteiger partial charge in [0.15, 0.2) is 0 Å². The van der Waals surface area contributed by atoms with Crippen LogP contribution in [0.25, 0.3) is 0 Å². The van der Waals surface area contributed by atoms with Gasteiger partial charge in [0.25, 0.3) is 0 Å². The van der Waals surface area contributed by atoms with Gasteiger partial charge >= 0.3 is 0 Å². The van der Waals surface area contributed by atoms with Crippen molar-refractivity contribution in [2.24, 2.45) is 11.5 Å². The van der Waals surface area contributed by atoms with Crippen molar-refractivity contribution in [1.82, 2.24) is 5.32 Å². The lowest BCUT2D eigenvalue weighted by Crippen LogP contribution is -2.38. The molecule has 0 aromatic rings. The lowest BCUT2D eigenvalue weighted by Gasteiger charge is -2.07. The van der Waals surface area contributed by atoms with E-state index >= 15 is 0 Å². The van der Waals surface area contributed by atoms with Gasteiger partial charge < -0.3 is 16.8 Å². The molecule has 0 saturated heterocycles. The smallest absolute Gasteiger partial charge is 0.231 e. The van der Waals surface area contributed by atoms with E-state index in [2.05, 4.69) is 5.32 Å². The van der Waals surface area contributed by atoms with E-state index in [-0.39, 0.29) is 18.5 Å². The monoisotopic (exact) mass is 131 g/mol. The molecule has 54 valence electrons. The van der Waals surface area contributed by atoms with E-state index in [1.807, 2.05) is 6.92 Å². The van der Waals surface area contributed by atoms with Gasteiger partial charge in [-0.15, -0.1) is 0 Å². The fraction of sp³-hybridized carbons (Fsp3) is 0.800. The number of carbonyl (C=O) groups is 1. The molecule has 5 N–H and O–H groups in total. The van der Waals surface area contributed by atoms with Crippen LogP contribution in [0.5, 0.6) is 0 Å². The maximum Gasteiger partial charge on any atom is 0.231 e. The lowest BCUT2D eigenvalue weighted by molar-refractivity contribution is -0.117. The summed E-state index contributed by atoms with van der Waals surface area (Å²) in [6, 6.07) is 0.164. The molecule has 0 rings (SSSR count). The molecule has 0 aliphatic heterocycles. The first-order chi connectivity index (χ1) is 4.16. The predicted octanol–water partition coefficient (Wildman–Crippen LogP) is -1.59. The quantitative estimate of drug-likeness (QED) is 0.430. The van der Waals surface area contributed by atoms with Gasteiger partial charge in [-0.3, -0.25) is 4.79 Å². The van der Waals surface area contributed by atoms with Gasteiger partial charge in [-0.25, -0.2) is 0 Å². The Hall–Kier alpha value is -0.610. The van der Waals surface area contributed by atoms with Crippen molar-refractivity contribution in [1.29, 1.82) is 0 Å².